The van der Waals surface area contributed by atoms with Crippen molar-refractivity contribution >= 4 is 29.4 Å². The molecule has 8 nitrogen and oxygen atoms in total. The van der Waals surface area contributed by atoms with Gasteiger partial charge < -0.3 is 14.8 Å². The Morgan fingerprint density at radius 2 is 2.00 bits per heavy atom. The van der Waals surface area contributed by atoms with E-state index in [0.29, 0.717) is 29.3 Å². The molecule has 2 aromatic heterocycles. The van der Waals surface area contributed by atoms with E-state index in [-0.39, 0.29) is 18.1 Å². The molecule has 4 rings (SSSR count). The lowest BCUT2D eigenvalue weighted by molar-refractivity contribution is 0.229. The van der Waals surface area contributed by atoms with Crippen LogP contribution in [0.1, 0.15) is 32.5 Å². The summed E-state index contributed by atoms with van der Waals surface area (Å²) >= 11 is 6.10. The van der Waals surface area contributed by atoms with Crippen LogP contribution in [0, 0.1) is 5.92 Å². The van der Waals surface area contributed by atoms with Gasteiger partial charge in [0, 0.05) is 36.7 Å². The summed E-state index contributed by atoms with van der Waals surface area (Å²) in [6.45, 7) is 6.90. The van der Waals surface area contributed by atoms with Gasteiger partial charge in [-0.3, -0.25) is 4.90 Å². The maximum Gasteiger partial charge on any atom is 0.325 e. The average molecular weight is 440 g/mol. The lowest BCUT2D eigenvalue weighted by atomic mass is 10.0. The monoisotopic (exact) mass is 439 g/mol. The first-order chi connectivity index (χ1) is 14.8. The van der Waals surface area contributed by atoms with Crippen molar-refractivity contribution < 1.29 is 4.79 Å². The van der Waals surface area contributed by atoms with Crippen molar-refractivity contribution in [2.75, 3.05) is 23.8 Å². The standard InChI is InChI=1S/C22H26ClN7O/c1-14(2)19-12-28(4)22(31)30(19)20-8-9-24-21(27-20)26-15(3)18-11-29(13-25-18)17-7-5-6-16(23)10-17/h5-11,13-15,19H,12H2,1-4H3,(H,24,26,27)/t15-,19?/m0/s1. The van der Waals surface area contributed by atoms with Crippen LogP contribution >= 0.6 is 11.6 Å². The van der Waals surface area contributed by atoms with Crippen LogP contribution in [0.3, 0.4) is 0 Å². The van der Waals surface area contributed by atoms with Gasteiger partial charge in [0.25, 0.3) is 0 Å². The van der Waals surface area contributed by atoms with Crippen LogP contribution in [0.15, 0.2) is 49.1 Å². The van der Waals surface area contributed by atoms with Crippen LogP contribution in [0.25, 0.3) is 5.69 Å². The SMILES string of the molecule is CC(C)C1CN(C)C(=O)N1c1ccnc(N[C@@H](C)c2cn(-c3cccc(Cl)c3)cn2)n1. The Morgan fingerprint density at radius 1 is 1.19 bits per heavy atom. The van der Waals surface area contributed by atoms with E-state index in [2.05, 4.69) is 34.1 Å². The smallest absolute Gasteiger partial charge is 0.325 e. The Bertz CT molecular complexity index is 1080. The van der Waals surface area contributed by atoms with Gasteiger partial charge in [-0.05, 0) is 37.1 Å². The first kappa shape index (κ1) is 21.1. The van der Waals surface area contributed by atoms with E-state index in [9.17, 15) is 4.79 Å². The largest absolute Gasteiger partial charge is 0.346 e. The summed E-state index contributed by atoms with van der Waals surface area (Å²) in [6.07, 6.45) is 5.37. The third kappa shape index (κ3) is 4.34. The third-order valence-electron chi connectivity index (χ3n) is 5.48. The summed E-state index contributed by atoms with van der Waals surface area (Å²) < 4.78 is 1.92. The van der Waals surface area contributed by atoms with Crippen molar-refractivity contribution in [1.29, 1.82) is 0 Å². The molecule has 0 spiro atoms. The molecule has 0 radical (unpaired) electrons. The number of benzene rings is 1. The molecular weight excluding hydrogens is 414 g/mol. The maximum absolute atomic E-state index is 12.7. The highest BCUT2D eigenvalue weighted by molar-refractivity contribution is 6.30. The lowest BCUT2D eigenvalue weighted by Gasteiger charge is -2.25. The summed E-state index contributed by atoms with van der Waals surface area (Å²) in [4.78, 5) is 29.6. The van der Waals surface area contributed by atoms with Crippen LogP contribution < -0.4 is 10.2 Å². The Labute approximate surface area is 186 Å². The van der Waals surface area contributed by atoms with Gasteiger partial charge in [0.2, 0.25) is 5.95 Å². The fraction of sp³-hybridized carbons (Fsp3) is 0.364. The number of carbonyl (C=O) groups excluding carboxylic acids is 1. The zero-order chi connectivity index (χ0) is 22.1. The lowest BCUT2D eigenvalue weighted by Crippen LogP contribution is -2.38. The Kier molecular flexibility index (Phi) is 5.82. The molecule has 2 atom stereocenters. The molecule has 3 aromatic rings. The van der Waals surface area contributed by atoms with Gasteiger partial charge in [-0.25, -0.2) is 14.8 Å². The molecule has 0 bridgehead atoms. The van der Waals surface area contributed by atoms with Gasteiger partial charge >= 0.3 is 6.03 Å². The van der Waals surface area contributed by atoms with Crippen molar-refractivity contribution in [1.82, 2.24) is 24.4 Å². The van der Waals surface area contributed by atoms with E-state index in [4.69, 9.17) is 11.6 Å². The second kappa shape index (κ2) is 8.55. The number of hydrogen-bond donors (Lipinski definition) is 1. The molecule has 0 aliphatic carbocycles. The van der Waals surface area contributed by atoms with Crippen LogP contribution in [0.5, 0.6) is 0 Å². The number of imidazole rings is 1. The highest BCUT2D eigenvalue weighted by atomic mass is 35.5. The number of likely N-dealkylation sites (N-methyl/N-ethyl adjacent to an activating group) is 1. The fourth-order valence-corrected chi connectivity index (χ4v) is 3.89. The molecule has 1 fully saturated rings. The number of nitrogens with zero attached hydrogens (tertiary/aromatic N) is 6. The molecule has 3 heterocycles. The van der Waals surface area contributed by atoms with E-state index in [1.807, 2.05) is 49.0 Å². The first-order valence-corrected chi connectivity index (χ1v) is 10.6. The number of rotatable bonds is 6. The van der Waals surface area contributed by atoms with Gasteiger partial charge in [-0.2, -0.15) is 4.98 Å². The molecule has 1 aliphatic heterocycles. The molecule has 2 amide bonds. The molecule has 162 valence electrons. The molecule has 9 heteroatoms. The zero-order valence-corrected chi connectivity index (χ0v) is 18.8. The number of amides is 2. The van der Waals surface area contributed by atoms with Crippen LogP contribution in [-0.2, 0) is 0 Å². The summed E-state index contributed by atoms with van der Waals surface area (Å²) in [6, 6.07) is 9.26. The summed E-state index contributed by atoms with van der Waals surface area (Å²) in [5.41, 5.74) is 1.78. The average Bonchev–Trinajstić information content (AvgIpc) is 3.34. The Hall–Kier alpha value is -3.13. The predicted molar refractivity (Wildman–Crippen MR) is 122 cm³/mol. The minimum absolute atomic E-state index is 0.0448. The molecular formula is C22H26ClN7O. The number of hydrogen-bond acceptors (Lipinski definition) is 5. The third-order valence-corrected chi connectivity index (χ3v) is 5.72. The van der Waals surface area contributed by atoms with Crippen molar-refractivity contribution in [2.24, 2.45) is 5.92 Å². The van der Waals surface area contributed by atoms with E-state index in [0.717, 1.165) is 11.4 Å². The maximum atomic E-state index is 12.7. The number of anilines is 2. The number of carbonyl (C=O) groups is 1. The van der Waals surface area contributed by atoms with E-state index < -0.39 is 0 Å². The first-order valence-electron chi connectivity index (χ1n) is 10.3. The van der Waals surface area contributed by atoms with Gasteiger partial charge in [0.05, 0.1) is 24.1 Å². The zero-order valence-electron chi connectivity index (χ0n) is 18.0. The Morgan fingerprint density at radius 3 is 2.74 bits per heavy atom. The molecule has 0 saturated carbocycles. The van der Waals surface area contributed by atoms with Crippen LogP contribution in [-0.4, -0.2) is 50.1 Å². The van der Waals surface area contributed by atoms with Crippen molar-refractivity contribution in [2.45, 2.75) is 32.9 Å². The summed E-state index contributed by atoms with van der Waals surface area (Å²) in [5.74, 6) is 1.36. The highest BCUT2D eigenvalue weighted by Gasteiger charge is 2.38. The normalized spacial score (nSPS) is 17.5. The van der Waals surface area contributed by atoms with Gasteiger partial charge in [-0.15, -0.1) is 0 Å². The quantitative estimate of drug-likeness (QED) is 0.616. The minimum atomic E-state index is -0.131. The highest BCUT2D eigenvalue weighted by Crippen LogP contribution is 2.27. The molecule has 1 saturated heterocycles. The van der Waals surface area contributed by atoms with Gasteiger partial charge in [0.1, 0.15) is 5.82 Å². The van der Waals surface area contributed by atoms with Crippen molar-refractivity contribution in [3.8, 4) is 5.69 Å². The Balaban J connectivity index is 1.52. The van der Waals surface area contributed by atoms with Crippen molar-refractivity contribution in [3.63, 3.8) is 0 Å². The van der Waals surface area contributed by atoms with Crippen molar-refractivity contribution in [3.05, 3.63) is 59.8 Å². The minimum Gasteiger partial charge on any atom is -0.346 e. The predicted octanol–water partition coefficient (Wildman–Crippen LogP) is 4.39. The molecule has 1 unspecified atom stereocenters. The van der Waals surface area contributed by atoms with Gasteiger partial charge in [0.15, 0.2) is 0 Å². The summed E-state index contributed by atoms with van der Waals surface area (Å²) in [5, 5.41) is 3.96. The van der Waals surface area contributed by atoms with E-state index in [1.54, 1.807) is 28.4 Å². The number of halogens is 1. The second-order valence-corrected chi connectivity index (χ2v) is 8.57. The van der Waals surface area contributed by atoms with E-state index >= 15 is 0 Å². The van der Waals surface area contributed by atoms with Crippen LogP contribution in [0.4, 0.5) is 16.6 Å². The molecule has 1 aromatic carbocycles. The number of nitrogens with one attached hydrogen (secondary N) is 1. The molecule has 1 aliphatic rings. The molecule has 1 N–H and O–H groups in total. The second-order valence-electron chi connectivity index (χ2n) is 8.13. The fourth-order valence-electron chi connectivity index (χ4n) is 3.70. The topological polar surface area (TPSA) is 79.2 Å². The molecule has 31 heavy (non-hydrogen) atoms. The number of urea groups is 1. The summed E-state index contributed by atoms with van der Waals surface area (Å²) in [7, 11) is 1.82. The number of aromatic nitrogens is 4. The van der Waals surface area contributed by atoms with E-state index in [1.165, 1.54) is 0 Å². The van der Waals surface area contributed by atoms with Gasteiger partial charge in [-0.1, -0.05) is 31.5 Å². The van der Waals surface area contributed by atoms with Crippen LogP contribution in [0.2, 0.25) is 5.02 Å².